The number of hydrogen-bond donors (Lipinski definition) is 4. The van der Waals surface area contributed by atoms with E-state index in [0.717, 1.165) is 248 Å². The Bertz CT molecular complexity index is 3590. The van der Waals surface area contributed by atoms with Crippen LogP contribution in [0.2, 0.25) is 0 Å². The van der Waals surface area contributed by atoms with Gasteiger partial charge >= 0.3 is 11.9 Å². The topological polar surface area (TPSA) is 189 Å². The fraction of sp³-hybridized carbons (Fsp3) is 0.695. The molecule has 0 rings (SSSR count). The molecule has 0 aliphatic heterocycles. The highest BCUT2D eigenvalue weighted by molar-refractivity contribution is 5.66. The molecule has 0 spiro atoms. The third-order valence-electron chi connectivity index (χ3n) is 25.0. The van der Waals surface area contributed by atoms with Gasteiger partial charge in [-0.05, 0) is 428 Å². The Hall–Kier alpha value is -6.40. The van der Waals surface area contributed by atoms with Crippen molar-refractivity contribution in [3.05, 3.63) is 221 Å². The van der Waals surface area contributed by atoms with Gasteiger partial charge in [0.25, 0.3) is 0 Å². The lowest BCUT2D eigenvalue weighted by molar-refractivity contribution is -0.145. The monoisotopic (exact) mass is 2040 g/mol. The van der Waals surface area contributed by atoms with Crippen LogP contribution in [0.1, 0.15) is 494 Å². The number of methoxy groups -OCH3 is 4. The van der Waals surface area contributed by atoms with Crippen LogP contribution >= 0.6 is 0 Å². The minimum atomic E-state index is -0.226. The standard InChI is InChI=1S/C16H28O2.C15H28O.4C14H26O.C12H22O2.C12H20O2.C10H20O2.C10H18O/c1-6-8-12-16(18-15(5)17)14(4)11-9-10-13(3)7-2;1-6-8-12-15(16-5)14(4)11-9-10-13(3)7-2;1-6-13(4)8-7-9-14(5)11-15-10-12(2)3;2*1-5-12(3)8-7-9-13(4)10-11-14(15)6-2;1-5-7-11-14(15)13(4)10-8-9-12(3)6-2;1-5-11(2)7-6-8-12(3)9-14-10-13-4;1-5-10(2)7-6-8-11(3)9-14-12(4)13;1-5-9(2)7-6-8-10(11-3)12-4;1-4-9(2)6-5-7-10(3)8-11/h7,11,16H,6,8-10,12H2,1-5H3;7,11,15H,6,8-10,12H2,1-5H3;6,9,12H,7-8,10-11H2,1-5H3;2*5,9,14-15H,6-8,10-11H2,1-4H3;6,10,14-15H,5,7-9,11H2,1-4H3;5,8H,6-7,9-10H2,1-4H3;5,8H,6-7,9H2,1-4H3;5,10H,6-8H2,1-4H3;4,7,11H,5-6,8H2,1-3H3/b2*13-7+,14-11+;13-6+,14-9+;2*12-5+,13-9+;12-6+,13-10+;11-5+,12-8+;10-5+,11-8+;9-5+;9-4+,10-7+/t;;;2*14-;;;;;/m...10...../s1. The van der Waals surface area contributed by atoms with Gasteiger partial charge in [0, 0.05) is 48.9 Å². The molecule has 0 aromatic heterocycles. The molecular weight excluding hydrogens is 1800 g/mol. The second-order valence-corrected chi connectivity index (χ2v) is 39.7. The Labute approximate surface area is 901 Å². The third kappa shape index (κ3) is 130. The van der Waals surface area contributed by atoms with E-state index in [9.17, 15) is 24.9 Å². The molecule has 0 bridgehead atoms. The zero-order valence-corrected chi connectivity index (χ0v) is 103. The molecule has 0 saturated heterocycles. The number of carbonyl (C=O) groups excluding carboxylic acids is 2. The number of aliphatic hydroxyl groups excluding tert-OH is 4. The quantitative estimate of drug-likeness (QED) is 0.0195. The van der Waals surface area contributed by atoms with Gasteiger partial charge in [-0.1, -0.05) is 280 Å². The van der Waals surface area contributed by atoms with Crippen LogP contribution in [-0.4, -0.2) is 137 Å². The SMILES string of the molecule is C/C=C(\C)CC/C=C(\C)C(CCCC)OC.C/C=C(\C)CC/C=C(\C)C(CCCC)OC(C)=O.C/C=C(\C)CC/C=C(\C)C(O)CCCC.C/C=C(\C)CC/C=C(\C)CC[C@@H](O)CC.C/C=C(\C)CC/C=C(\C)CC[C@H](O)CC.C/C=C(\C)CC/C=C(\C)CO.C/C=C(\C)CC/C=C(\C)COC(C)=O.C/C=C(\C)CC/C=C(\C)COCC(C)C.C/C=C(\C)CC/C=C(\C)COCOC.C/C=C(\C)CCCC(OC)OC. The van der Waals surface area contributed by atoms with E-state index in [1.807, 2.05) is 48.7 Å². The first-order chi connectivity index (χ1) is 68.7. The number of allylic oxidation sites excluding steroid dienone is 31. The fourth-order valence-electron chi connectivity index (χ4n) is 12.7. The van der Waals surface area contributed by atoms with Crippen molar-refractivity contribution in [3.8, 4) is 0 Å². The summed E-state index contributed by atoms with van der Waals surface area (Å²) in [5, 5.41) is 37.3. The molecule has 0 fully saturated rings. The average Bonchev–Trinajstić information content (AvgIpc) is 0.929. The van der Waals surface area contributed by atoms with E-state index in [0.29, 0.717) is 32.0 Å². The van der Waals surface area contributed by atoms with E-state index in [1.54, 1.807) is 21.3 Å². The van der Waals surface area contributed by atoms with Crippen LogP contribution in [0, 0.1) is 5.92 Å². The third-order valence-corrected chi connectivity index (χ3v) is 25.0. The molecule has 3 unspecified atom stereocenters. The number of ether oxygens (including phenoxy) is 8. The number of esters is 2. The molecule has 0 aliphatic rings. The van der Waals surface area contributed by atoms with Crippen LogP contribution in [0.15, 0.2) is 221 Å². The van der Waals surface area contributed by atoms with Gasteiger partial charge in [-0.25, -0.2) is 0 Å². The fourth-order valence-corrected chi connectivity index (χ4v) is 12.7. The normalized spacial score (nSPS) is 14.4. The summed E-state index contributed by atoms with van der Waals surface area (Å²) in [4.78, 5) is 21.6. The number of carbonyl (C=O) groups is 2. The average molecular weight is 2040 g/mol. The van der Waals surface area contributed by atoms with Gasteiger partial charge in [0.1, 0.15) is 19.5 Å². The molecule has 0 amide bonds. The molecule has 14 heteroatoms. The van der Waals surface area contributed by atoms with Gasteiger partial charge in [-0.2, -0.15) is 0 Å². The van der Waals surface area contributed by atoms with E-state index in [-0.39, 0.29) is 49.3 Å². The van der Waals surface area contributed by atoms with Crippen LogP contribution in [0.25, 0.3) is 0 Å². The zero-order valence-electron chi connectivity index (χ0n) is 103. The van der Waals surface area contributed by atoms with E-state index >= 15 is 0 Å². The van der Waals surface area contributed by atoms with Crippen LogP contribution in [-0.2, 0) is 47.5 Å². The van der Waals surface area contributed by atoms with E-state index in [2.05, 4.69) is 323 Å². The highest BCUT2D eigenvalue weighted by Crippen LogP contribution is 2.22. The summed E-state index contributed by atoms with van der Waals surface area (Å²) >= 11 is 0. The Morgan fingerprint density at radius 2 is 0.566 bits per heavy atom. The number of aliphatic hydroxyl groups is 4. The Kier molecular flexibility index (Phi) is 131. The number of hydrogen-bond acceptors (Lipinski definition) is 14. The zero-order chi connectivity index (χ0) is 113. The second kappa shape index (κ2) is 119. The minimum absolute atomic E-state index is 0.0327. The summed E-state index contributed by atoms with van der Waals surface area (Å²) < 4.78 is 41.5. The lowest BCUT2D eigenvalue weighted by Crippen LogP contribution is -2.17. The van der Waals surface area contributed by atoms with Crippen molar-refractivity contribution in [2.24, 2.45) is 5.92 Å². The number of unbranched alkanes of at least 4 members (excludes halogenated alkanes) is 3. The van der Waals surface area contributed by atoms with E-state index < -0.39 is 0 Å². The summed E-state index contributed by atoms with van der Waals surface area (Å²) in [6.07, 6.45) is 80.1. The van der Waals surface area contributed by atoms with Crippen molar-refractivity contribution < 1.29 is 67.9 Å². The molecule has 0 aromatic carbocycles. The van der Waals surface area contributed by atoms with Crippen molar-refractivity contribution in [2.45, 2.75) is 531 Å². The maximum Gasteiger partial charge on any atom is 0.303 e. The molecule has 5 atom stereocenters. The van der Waals surface area contributed by atoms with Gasteiger partial charge in [-0.3, -0.25) is 9.59 Å². The smallest absolute Gasteiger partial charge is 0.303 e. The lowest BCUT2D eigenvalue weighted by atomic mass is 10.0. The lowest BCUT2D eigenvalue weighted by Gasteiger charge is -2.17. The molecule has 14 nitrogen and oxygen atoms in total. The van der Waals surface area contributed by atoms with Crippen LogP contribution in [0.5, 0.6) is 0 Å². The Morgan fingerprint density at radius 3 is 0.848 bits per heavy atom. The maximum atomic E-state index is 11.1. The largest absolute Gasteiger partial charge is 0.461 e. The first kappa shape index (κ1) is 159. The van der Waals surface area contributed by atoms with Crippen molar-refractivity contribution >= 4 is 11.9 Å². The summed E-state index contributed by atoms with van der Waals surface area (Å²) in [5.41, 5.74) is 25.6. The van der Waals surface area contributed by atoms with Crippen LogP contribution < -0.4 is 0 Å². The Morgan fingerprint density at radius 1 is 0.283 bits per heavy atom. The number of rotatable bonds is 66. The molecule has 0 radical (unpaired) electrons. The van der Waals surface area contributed by atoms with Crippen LogP contribution in [0.4, 0.5) is 0 Å². The predicted octanol–water partition coefficient (Wildman–Crippen LogP) is 38.7. The van der Waals surface area contributed by atoms with Gasteiger partial charge in [-0.15, -0.1) is 0 Å². The van der Waals surface area contributed by atoms with Gasteiger partial charge in [0.2, 0.25) is 0 Å². The first-order valence-electron chi connectivity index (χ1n) is 56.0. The molecule has 145 heavy (non-hydrogen) atoms. The molecule has 0 saturated carbocycles. The first-order valence-corrected chi connectivity index (χ1v) is 56.0. The minimum Gasteiger partial charge on any atom is -0.461 e. The van der Waals surface area contributed by atoms with E-state index in [1.165, 1.54) is 116 Å². The van der Waals surface area contributed by atoms with Crippen molar-refractivity contribution in [2.75, 3.05) is 68.3 Å². The van der Waals surface area contributed by atoms with Gasteiger partial charge < -0.3 is 58.3 Å². The molecule has 0 aliphatic carbocycles. The maximum absolute atomic E-state index is 11.1. The summed E-state index contributed by atoms with van der Waals surface area (Å²) in [6, 6.07) is 0. The summed E-state index contributed by atoms with van der Waals surface area (Å²) in [6.45, 7) is 82.2. The van der Waals surface area contributed by atoms with Gasteiger partial charge in [0.05, 0.1) is 44.2 Å². The summed E-state index contributed by atoms with van der Waals surface area (Å²) in [7, 11) is 6.80. The van der Waals surface area contributed by atoms with Crippen molar-refractivity contribution in [1.29, 1.82) is 0 Å². The molecule has 0 aromatic rings. The highest BCUT2D eigenvalue weighted by Gasteiger charge is 2.15. The van der Waals surface area contributed by atoms with Crippen LogP contribution in [0.3, 0.4) is 0 Å². The molecule has 848 valence electrons. The molecular formula is C131H240O14. The predicted molar refractivity (Wildman–Crippen MR) is 642 cm³/mol. The summed E-state index contributed by atoms with van der Waals surface area (Å²) in [5.74, 6) is 0.221. The van der Waals surface area contributed by atoms with Gasteiger partial charge in [0.15, 0.2) is 6.29 Å². The second-order valence-electron chi connectivity index (χ2n) is 39.7. The van der Waals surface area contributed by atoms with E-state index in [4.69, 9.17) is 43.0 Å². The highest BCUT2D eigenvalue weighted by atomic mass is 16.7. The Balaban J connectivity index is -0.000000175. The van der Waals surface area contributed by atoms with Crippen molar-refractivity contribution in [1.82, 2.24) is 0 Å². The van der Waals surface area contributed by atoms with Crippen molar-refractivity contribution in [3.63, 3.8) is 0 Å². The molecule has 0 heterocycles. The molecule has 4 N–H and O–H groups in total.